The first-order valence-corrected chi connectivity index (χ1v) is 2.72. The number of hydrogen-bond acceptors (Lipinski definition) is 2. The number of carboxylic acids is 1. The summed E-state index contributed by atoms with van der Waals surface area (Å²) >= 11 is 0. The van der Waals surface area contributed by atoms with Crippen LogP contribution in [0.4, 0.5) is 0 Å². The maximum Gasteiger partial charge on any atom is 0.316 e. The van der Waals surface area contributed by atoms with Gasteiger partial charge in [0.1, 0.15) is 5.92 Å². The molecule has 0 aliphatic carbocycles. The van der Waals surface area contributed by atoms with Gasteiger partial charge in [0.05, 0.1) is 0 Å². The minimum Gasteiger partial charge on any atom is -0.481 e. The Labute approximate surface area is 51.9 Å². The van der Waals surface area contributed by atoms with Crippen molar-refractivity contribution < 1.29 is 14.7 Å². The van der Waals surface area contributed by atoms with E-state index in [9.17, 15) is 9.59 Å². The van der Waals surface area contributed by atoms with Gasteiger partial charge in [0.15, 0.2) is 0 Å². The number of aliphatic carboxylic acids is 1. The van der Waals surface area contributed by atoms with E-state index in [1.165, 1.54) is 0 Å². The Morgan fingerprint density at radius 1 is 1.78 bits per heavy atom. The number of amides is 1. The molecule has 0 aromatic carbocycles. The van der Waals surface area contributed by atoms with Crippen molar-refractivity contribution in [3.8, 4) is 0 Å². The summed E-state index contributed by atoms with van der Waals surface area (Å²) in [5, 5.41) is 10.8. The second-order valence-corrected chi connectivity index (χ2v) is 1.97. The van der Waals surface area contributed by atoms with Crippen molar-refractivity contribution in [3.05, 3.63) is 0 Å². The number of nitrogens with one attached hydrogen (secondary N) is 1. The van der Waals surface area contributed by atoms with Gasteiger partial charge in [-0.1, -0.05) is 0 Å². The van der Waals surface area contributed by atoms with E-state index in [4.69, 9.17) is 5.11 Å². The molecule has 1 atom stereocenters. The number of rotatable bonds is 1. The van der Waals surface area contributed by atoms with Gasteiger partial charge in [0.25, 0.3) is 0 Å². The molecule has 2 N–H and O–H groups in total. The molecule has 0 radical (unpaired) electrons. The summed E-state index contributed by atoms with van der Waals surface area (Å²) in [4.78, 5) is 20.7. The summed E-state index contributed by atoms with van der Waals surface area (Å²) in [7, 11) is 0. The first kappa shape index (κ1) is 6.07. The second kappa shape index (κ2) is 2.05. The lowest BCUT2D eigenvalue weighted by atomic mass is 10.1. The smallest absolute Gasteiger partial charge is 0.316 e. The van der Waals surface area contributed by atoms with Gasteiger partial charge in [0.2, 0.25) is 5.91 Å². The fraction of sp³-hybridized carbons (Fsp3) is 0.600. The van der Waals surface area contributed by atoms with Crippen LogP contribution in [0.3, 0.4) is 0 Å². The van der Waals surface area contributed by atoms with Gasteiger partial charge in [0, 0.05) is 6.54 Å². The molecule has 0 aromatic heterocycles. The SMILES string of the molecule is O=C(O)[C@@H]1CCNC1=O. The fourth-order valence-electron chi connectivity index (χ4n) is 0.830. The highest BCUT2D eigenvalue weighted by Crippen LogP contribution is 2.07. The van der Waals surface area contributed by atoms with Crippen molar-refractivity contribution in [3.63, 3.8) is 0 Å². The molecule has 1 fully saturated rings. The van der Waals surface area contributed by atoms with Gasteiger partial charge in [-0.2, -0.15) is 0 Å². The molecule has 4 heteroatoms. The molecule has 1 aliphatic heterocycles. The molecule has 1 saturated heterocycles. The van der Waals surface area contributed by atoms with Crippen molar-refractivity contribution in [2.75, 3.05) is 6.54 Å². The molecule has 9 heavy (non-hydrogen) atoms. The molecule has 0 unspecified atom stereocenters. The highest BCUT2D eigenvalue weighted by Gasteiger charge is 2.30. The summed E-state index contributed by atoms with van der Waals surface area (Å²) in [5.74, 6) is -2.18. The number of carbonyl (C=O) groups excluding carboxylic acids is 1. The van der Waals surface area contributed by atoms with Crippen LogP contribution in [-0.2, 0) is 9.59 Å². The van der Waals surface area contributed by atoms with Crippen LogP contribution in [0, 0.1) is 5.92 Å². The zero-order valence-corrected chi connectivity index (χ0v) is 4.76. The Hall–Kier alpha value is -1.06. The Morgan fingerprint density at radius 3 is 2.67 bits per heavy atom. The lowest BCUT2D eigenvalue weighted by molar-refractivity contribution is -0.145. The zero-order chi connectivity index (χ0) is 6.85. The Bertz CT molecular complexity index is 154. The highest BCUT2D eigenvalue weighted by molar-refractivity contribution is 5.98. The summed E-state index contributed by atoms with van der Waals surface area (Å²) in [6.07, 6.45) is 0.425. The number of hydrogen-bond donors (Lipinski definition) is 2. The Kier molecular flexibility index (Phi) is 1.38. The van der Waals surface area contributed by atoms with Crippen LogP contribution in [0.15, 0.2) is 0 Å². The van der Waals surface area contributed by atoms with E-state index in [0.29, 0.717) is 13.0 Å². The molecular formula is C5H7NO3. The standard InChI is InChI=1S/C5H7NO3/c7-4-3(5(8)9)1-2-6-4/h3H,1-2H2,(H,6,7)(H,8,9)/t3-/m1/s1. The zero-order valence-electron chi connectivity index (χ0n) is 4.76. The molecule has 1 aliphatic rings. The molecule has 1 heterocycles. The highest BCUT2D eigenvalue weighted by atomic mass is 16.4. The van der Waals surface area contributed by atoms with Crippen LogP contribution < -0.4 is 5.32 Å². The van der Waals surface area contributed by atoms with E-state index >= 15 is 0 Å². The number of carboxylic acid groups (broad SMARTS) is 1. The van der Waals surface area contributed by atoms with Crippen LogP contribution in [0.2, 0.25) is 0 Å². The van der Waals surface area contributed by atoms with Crippen molar-refractivity contribution in [1.29, 1.82) is 0 Å². The molecule has 50 valence electrons. The maximum absolute atomic E-state index is 10.5. The van der Waals surface area contributed by atoms with Gasteiger partial charge in [-0.3, -0.25) is 9.59 Å². The summed E-state index contributed by atoms with van der Waals surface area (Å²) in [6, 6.07) is 0. The van der Waals surface area contributed by atoms with E-state index < -0.39 is 11.9 Å². The predicted octanol–water partition coefficient (Wildman–Crippen LogP) is -0.793. The largest absolute Gasteiger partial charge is 0.481 e. The van der Waals surface area contributed by atoms with Crippen LogP contribution in [-0.4, -0.2) is 23.5 Å². The average molecular weight is 129 g/mol. The van der Waals surface area contributed by atoms with E-state index in [0.717, 1.165) is 0 Å². The van der Waals surface area contributed by atoms with Crippen LogP contribution in [0.5, 0.6) is 0 Å². The first-order chi connectivity index (χ1) is 4.22. The maximum atomic E-state index is 10.5. The third-order valence-corrected chi connectivity index (χ3v) is 1.35. The van der Waals surface area contributed by atoms with E-state index in [2.05, 4.69) is 5.32 Å². The number of carbonyl (C=O) groups is 2. The van der Waals surface area contributed by atoms with Gasteiger partial charge >= 0.3 is 5.97 Å². The van der Waals surface area contributed by atoms with Crippen LogP contribution >= 0.6 is 0 Å². The van der Waals surface area contributed by atoms with Gasteiger partial charge in [-0.15, -0.1) is 0 Å². The molecule has 4 nitrogen and oxygen atoms in total. The normalized spacial score (nSPS) is 25.8. The molecular weight excluding hydrogens is 122 g/mol. The monoisotopic (exact) mass is 129 g/mol. The van der Waals surface area contributed by atoms with Gasteiger partial charge in [-0.05, 0) is 6.42 Å². The lowest BCUT2D eigenvalue weighted by Gasteiger charge is -1.95. The van der Waals surface area contributed by atoms with Gasteiger partial charge in [-0.25, -0.2) is 0 Å². The quantitative estimate of drug-likeness (QED) is 0.456. The van der Waals surface area contributed by atoms with Crippen molar-refractivity contribution >= 4 is 11.9 Å². The molecule has 1 rings (SSSR count). The van der Waals surface area contributed by atoms with Gasteiger partial charge < -0.3 is 10.4 Å². The van der Waals surface area contributed by atoms with Crippen LogP contribution in [0.25, 0.3) is 0 Å². The third kappa shape index (κ3) is 1.01. The fourth-order valence-corrected chi connectivity index (χ4v) is 0.830. The summed E-state index contributed by atoms with van der Waals surface area (Å²) in [5.41, 5.74) is 0. The average Bonchev–Trinajstić information content (AvgIpc) is 2.13. The molecule has 0 spiro atoms. The lowest BCUT2D eigenvalue weighted by Crippen LogP contribution is -2.24. The second-order valence-electron chi connectivity index (χ2n) is 1.97. The topological polar surface area (TPSA) is 66.4 Å². The van der Waals surface area contributed by atoms with Crippen molar-refractivity contribution in [2.24, 2.45) is 5.92 Å². The van der Waals surface area contributed by atoms with Crippen LogP contribution in [0.1, 0.15) is 6.42 Å². The summed E-state index contributed by atoms with van der Waals surface area (Å²) in [6.45, 7) is 0.496. The molecule has 0 saturated carbocycles. The van der Waals surface area contributed by atoms with E-state index in [-0.39, 0.29) is 5.91 Å². The summed E-state index contributed by atoms with van der Waals surface area (Å²) < 4.78 is 0. The Balaban J connectivity index is 2.60. The van der Waals surface area contributed by atoms with Crippen molar-refractivity contribution in [1.82, 2.24) is 5.32 Å². The minimum atomic E-state index is -1.02. The minimum absolute atomic E-state index is 0.359. The molecule has 1 amide bonds. The third-order valence-electron chi connectivity index (χ3n) is 1.35. The van der Waals surface area contributed by atoms with E-state index in [1.54, 1.807) is 0 Å². The Morgan fingerprint density at radius 2 is 2.44 bits per heavy atom. The van der Waals surface area contributed by atoms with E-state index in [1.807, 2.05) is 0 Å². The van der Waals surface area contributed by atoms with Crippen molar-refractivity contribution in [2.45, 2.75) is 6.42 Å². The predicted molar refractivity (Wildman–Crippen MR) is 28.8 cm³/mol. The molecule has 0 aromatic rings. The first-order valence-electron chi connectivity index (χ1n) is 2.72. The molecule has 0 bridgehead atoms.